The van der Waals surface area contributed by atoms with Gasteiger partial charge in [0.05, 0.1) is 18.8 Å². The average Bonchev–Trinajstić information content (AvgIpc) is 3.22. The third-order valence-electron chi connectivity index (χ3n) is 12.4. The summed E-state index contributed by atoms with van der Waals surface area (Å²) in [6.07, 6.45) is 58.1. The fraction of sp³-hybridized carbons (Fsp3) is 0.942. The van der Waals surface area contributed by atoms with Gasteiger partial charge in [-0.05, 0) is 38.5 Å². The van der Waals surface area contributed by atoms with E-state index in [1.165, 1.54) is 231 Å². The molecule has 3 atom stereocenters. The fourth-order valence-corrected chi connectivity index (χ4v) is 8.31. The second kappa shape index (κ2) is 47.8. The van der Waals surface area contributed by atoms with E-state index in [1.54, 1.807) is 0 Å². The van der Waals surface area contributed by atoms with E-state index in [4.69, 9.17) is 0 Å². The summed E-state index contributed by atoms with van der Waals surface area (Å²) < 4.78 is 0. The van der Waals surface area contributed by atoms with Crippen LogP contribution < -0.4 is 5.32 Å². The number of hydrogen-bond donors (Lipinski definition) is 4. The van der Waals surface area contributed by atoms with Crippen molar-refractivity contribution >= 4 is 5.91 Å². The lowest BCUT2D eigenvalue weighted by Crippen LogP contribution is -2.49. The first-order valence-electron chi connectivity index (χ1n) is 26.0. The number of carbonyl (C=O) groups is 1. The van der Waals surface area contributed by atoms with E-state index in [1.807, 2.05) is 0 Å². The maximum absolute atomic E-state index is 12.5. The Morgan fingerprint density at radius 1 is 0.404 bits per heavy atom. The van der Waals surface area contributed by atoms with Crippen LogP contribution in [0.2, 0.25) is 0 Å². The van der Waals surface area contributed by atoms with Crippen molar-refractivity contribution in [1.29, 1.82) is 0 Å². The van der Waals surface area contributed by atoms with Crippen molar-refractivity contribution < 1.29 is 20.1 Å². The molecule has 0 aromatic heterocycles. The molecule has 1 amide bonds. The van der Waals surface area contributed by atoms with Crippen molar-refractivity contribution in [3.63, 3.8) is 0 Å². The number of rotatable bonds is 48. The third-order valence-corrected chi connectivity index (χ3v) is 12.4. The van der Waals surface area contributed by atoms with Crippen molar-refractivity contribution in [3.05, 3.63) is 12.2 Å². The fourth-order valence-electron chi connectivity index (χ4n) is 8.31. The lowest BCUT2D eigenvalue weighted by molar-refractivity contribution is -0.131. The first-order valence-corrected chi connectivity index (χ1v) is 26.0. The van der Waals surface area contributed by atoms with Crippen molar-refractivity contribution in [2.75, 3.05) is 6.61 Å². The van der Waals surface area contributed by atoms with E-state index in [0.29, 0.717) is 12.8 Å². The second-order valence-corrected chi connectivity index (χ2v) is 18.1. The molecular weight excluding hydrogens is 703 g/mol. The van der Waals surface area contributed by atoms with Gasteiger partial charge in [-0.15, -0.1) is 0 Å². The Bertz CT molecular complexity index is 803. The van der Waals surface area contributed by atoms with Gasteiger partial charge in [0.25, 0.3) is 0 Å². The van der Waals surface area contributed by atoms with Gasteiger partial charge in [0.2, 0.25) is 5.91 Å². The Labute approximate surface area is 357 Å². The Morgan fingerprint density at radius 2 is 0.667 bits per heavy atom. The molecule has 0 saturated heterocycles. The Morgan fingerprint density at radius 3 is 0.965 bits per heavy atom. The molecule has 0 radical (unpaired) electrons. The van der Waals surface area contributed by atoms with Gasteiger partial charge in [-0.25, -0.2) is 0 Å². The topological polar surface area (TPSA) is 89.8 Å². The standard InChI is InChI=1S/C52H103NO4/c1-3-5-7-9-11-13-15-17-19-21-23-25-27-29-31-33-35-37-39-41-43-45-47-51(56)52(57)53-49(48-54)50(55)46-44-42-40-38-36-34-32-30-28-26-24-22-20-18-16-14-12-10-8-6-4-2/h29,31,49-51,54-56H,3-28,30,32-48H2,1-2H3,(H,53,57)/b31-29-. The zero-order valence-corrected chi connectivity index (χ0v) is 38.7. The van der Waals surface area contributed by atoms with Crippen molar-refractivity contribution in [2.24, 2.45) is 0 Å². The van der Waals surface area contributed by atoms with Crippen LogP contribution in [-0.4, -0.2) is 46.1 Å². The van der Waals surface area contributed by atoms with Crippen LogP contribution in [-0.2, 0) is 4.79 Å². The van der Waals surface area contributed by atoms with Crippen molar-refractivity contribution in [1.82, 2.24) is 5.32 Å². The van der Waals surface area contributed by atoms with E-state index in [0.717, 1.165) is 32.1 Å². The number of allylic oxidation sites excluding steroid dienone is 2. The number of hydrogen-bond acceptors (Lipinski definition) is 4. The molecule has 340 valence electrons. The summed E-state index contributed by atoms with van der Waals surface area (Å²) in [6, 6.07) is -0.712. The third kappa shape index (κ3) is 43.0. The van der Waals surface area contributed by atoms with Crippen LogP contribution in [0, 0.1) is 0 Å². The molecule has 3 unspecified atom stereocenters. The van der Waals surface area contributed by atoms with E-state index in [2.05, 4.69) is 31.3 Å². The lowest BCUT2D eigenvalue weighted by Gasteiger charge is -2.23. The molecule has 57 heavy (non-hydrogen) atoms. The van der Waals surface area contributed by atoms with Crippen LogP contribution >= 0.6 is 0 Å². The molecular formula is C52H103NO4. The zero-order chi connectivity index (χ0) is 41.5. The summed E-state index contributed by atoms with van der Waals surface area (Å²) in [5.74, 6) is -0.470. The lowest BCUT2D eigenvalue weighted by atomic mass is 10.0. The number of nitrogens with one attached hydrogen (secondary N) is 1. The summed E-state index contributed by atoms with van der Waals surface area (Å²) in [7, 11) is 0. The summed E-state index contributed by atoms with van der Waals surface area (Å²) in [4.78, 5) is 12.5. The maximum Gasteiger partial charge on any atom is 0.249 e. The maximum atomic E-state index is 12.5. The number of aliphatic hydroxyl groups excluding tert-OH is 3. The highest BCUT2D eigenvalue weighted by atomic mass is 16.3. The summed E-state index contributed by atoms with van der Waals surface area (Å²) in [6.45, 7) is 4.26. The number of carbonyl (C=O) groups excluding carboxylic acids is 1. The van der Waals surface area contributed by atoms with Gasteiger partial charge in [-0.2, -0.15) is 0 Å². The number of aliphatic hydroxyl groups is 3. The Balaban J connectivity index is 3.56. The van der Waals surface area contributed by atoms with Gasteiger partial charge in [0.1, 0.15) is 6.10 Å². The van der Waals surface area contributed by atoms with Crippen LogP contribution in [0.1, 0.15) is 290 Å². The highest BCUT2D eigenvalue weighted by molar-refractivity contribution is 5.80. The summed E-state index contributed by atoms with van der Waals surface area (Å²) in [5, 5.41) is 33.5. The van der Waals surface area contributed by atoms with Gasteiger partial charge in [-0.3, -0.25) is 4.79 Å². The molecule has 5 heteroatoms. The number of amides is 1. The second-order valence-electron chi connectivity index (χ2n) is 18.1. The van der Waals surface area contributed by atoms with E-state index >= 15 is 0 Å². The molecule has 4 N–H and O–H groups in total. The molecule has 0 aliphatic carbocycles. The van der Waals surface area contributed by atoms with E-state index in [9.17, 15) is 20.1 Å². The van der Waals surface area contributed by atoms with Crippen molar-refractivity contribution in [2.45, 2.75) is 308 Å². The molecule has 0 aliphatic heterocycles. The molecule has 0 heterocycles. The predicted molar refractivity (Wildman–Crippen MR) is 250 cm³/mol. The minimum atomic E-state index is -1.08. The minimum absolute atomic E-state index is 0.312. The first kappa shape index (κ1) is 56.1. The molecule has 0 aromatic carbocycles. The molecule has 0 bridgehead atoms. The van der Waals surface area contributed by atoms with Crippen LogP contribution in [0.25, 0.3) is 0 Å². The van der Waals surface area contributed by atoms with E-state index < -0.39 is 24.2 Å². The highest BCUT2D eigenvalue weighted by Crippen LogP contribution is 2.17. The van der Waals surface area contributed by atoms with Gasteiger partial charge >= 0.3 is 0 Å². The molecule has 0 fully saturated rings. The van der Waals surface area contributed by atoms with Gasteiger partial charge in [0, 0.05) is 0 Å². The first-order chi connectivity index (χ1) is 28.1. The van der Waals surface area contributed by atoms with Gasteiger partial charge < -0.3 is 20.6 Å². The molecule has 0 rings (SSSR count). The van der Waals surface area contributed by atoms with Crippen LogP contribution in [0.3, 0.4) is 0 Å². The Kier molecular flexibility index (Phi) is 47.0. The zero-order valence-electron chi connectivity index (χ0n) is 38.7. The minimum Gasteiger partial charge on any atom is -0.394 e. The molecule has 0 saturated carbocycles. The van der Waals surface area contributed by atoms with Crippen LogP contribution in [0.5, 0.6) is 0 Å². The normalized spacial score (nSPS) is 13.4. The van der Waals surface area contributed by atoms with Crippen LogP contribution in [0.4, 0.5) is 0 Å². The predicted octanol–water partition coefficient (Wildman–Crippen LogP) is 15.6. The van der Waals surface area contributed by atoms with Gasteiger partial charge in [0.15, 0.2) is 0 Å². The largest absolute Gasteiger partial charge is 0.394 e. The van der Waals surface area contributed by atoms with Crippen LogP contribution in [0.15, 0.2) is 12.2 Å². The molecule has 5 nitrogen and oxygen atoms in total. The average molecular weight is 806 g/mol. The Hall–Kier alpha value is -0.910. The smallest absolute Gasteiger partial charge is 0.249 e. The SMILES string of the molecule is CCCCCCCCCCCCCC/C=C\CCCCCCCCC(O)C(=O)NC(CO)C(O)CCCCCCCCCCCCCCCCCCCCCCC. The van der Waals surface area contributed by atoms with Gasteiger partial charge in [-0.1, -0.05) is 264 Å². The number of unbranched alkanes of at least 4 members (excludes halogenated alkanes) is 38. The molecule has 0 aromatic rings. The molecule has 0 spiro atoms. The van der Waals surface area contributed by atoms with Crippen molar-refractivity contribution in [3.8, 4) is 0 Å². The highest BCUT2D eigenvalue weighted by Gasteiger charge is 2.23. The summed E-state index contributed by atoms with van der Waals surface area (Å²) >= 11 is 0. The monoisotopic (exact) mass is 806 g/mol. The van der Waals surface area contributed by atoms with E-state index in [-0.39, 0.29) is 6.61 Å². The quantitative estimate of drug-likeness (QED) is 0.0364. The molecule has 0 aliphatic rings. The summed E-state index contributed by atoms with van der Waals surface area (Å²) in [5.41, 5.74) is 0.